The Balaban J connectivity index is 2.43. The van der Waals surface area contributed by atoms with Gasteiger partial charge < -0.3 is 4.18 Å². The fraction of sp³-hybridized carbons (Fsp3) is 0. The molecule has 0 fully saturated rings. The van der Waals surface area contributed by atoms with Crippen molar-refractivity contribution < 1.29 is 25.8 Å². The number of rotatable bonds is 3. The van der Waals surface area contributed by atoms with Crippen LogP contribution in [0.4, 0.5) is 13.2 Å². The van der Waals surface area contributed by atoms with Gasteiger partial charge in [0, 0.05) is 18.2 Å². The lowest BCUT2D eigenvalue weighted by Crippen LogP contribution is -2.12. The molecule has 0 aromatic heterocycles. The van der Waals surface area contributed by atoms with Crippen molar-refractivity contribution in [3.05, 3.63) is 57.8 Å². The van der Waals surface area contributed by atoms with E-state index in [0.29, 0.717) is 0 Å². The molecular formula is C12H5Cl2F3O3S. The molecule has 0 N–H and O–H groups in total. The third-order valence-corrected chi connectivity index (χ3v) is 4.34. The van der Waals surface area contributed by atoms with Crippen LogP contribution in [0.5, 0.6) is 5.75 Å². The maximum Gasteiger partial charge on any atom is 0.342 e. The van der Waals surface area contributed by atoms with E-state index in [1.807, 2.05) is 0 Å². The van der Waals surface area contributed by atoms with Crippen LogP contribution in [0, 0.1) is 17.5 Å². The lowest BCUT2D eigenvalue weighted by atomic mass is 10.3. The van der Waals surface area contributed by atoms with E-state index in [9.17, 15) is 21.6 Å². The molecular weight excluding hydrogens is 352 g/mol. The van der Waals surface area contributed by atoms with Crippen LogP contribution in [0.15, 0.2) is 35.2 Å². The highest BCUT2D eigenvalue weighted by molar-refractivity contribution is 7.87. The molecule has 0 bridgehead atoms. The molecule has 112 valence electrons. The first-order valence-corrected chi connectivity index (χ1v) is 7.41. The highest BCUT2D eigenvalue weighted by atomic mass is 35.5. The van der Waals surface area contributed by atoms with E-state index in [-0.39, 0.29) is 27.9 Å². The van der Waals surface area contributed by atoms with Crippen LogP contribution in [0.1, 0.15) is 0 Å². The molecule has 0 heterocycles. The number of hydrogen-bond donors (Lipinski definition) is 0. The van der Waals surface area contributed by atoms with Crippen molar-refractivity contribution in [3.63, 3.8) is 0 Å². The molecule has 0 saturated carbocycles. The van der Waals surface area contributed by atoms with Gasteiger partial charge in [-0.25, -0.2) is 13.2 Å². The Morgan fingerprint density at radius 2 is 1.48 bits per heavy atom. The highest BCUT2D eigenvalue weighted by Crippen LogP contribution is 2.29. The van der Waals surface area contributed by atoms with Gasteiger partial charge in [-0.1, -0.05) is 23.2 Å². The minimum Gasteiger partial charge on any atom is -0.379 e. The molecule has 2 rings (SSSR count). The molecule has 0 saturated heterocycles. The molecule has 2 aromatic rings. The van der Waals surface area contributed by atoms with Gasteiger partial charge in [-0.2, -0.15) is 8.42 Å². The normalized spacial score (nSPS) is 11.5. The highest BCUT2D eigenvalue weighted by Gasteiger charge is 2.24. The molecule has 9 heteroatoms. The Hall–Kier alpha value is -1.44. The van der Waals surface area contributed by atoms with E-state index < -0.39 is 32.5 Å². The third-order valence-electron chi connectivity index (χ3n) is 2.34. The summed E-state index contributed by atoms with van der Waals surface area (Å²) in [6.07, 6.45) is 0. The number of benzene rings is 2. The summed E-state index contributed by atoms with van der Waals surface area (Å²) in [4.78, 5) is -1.13. The van der Waals surface area contributed by atoms with E-state index in [1.165, 1.54) is 12.1 Å². The van der Waals surface area contributed by atoms with Crippen molar-refractivity contribution in [3.8, 4) is 5.75 Å². The summed E-state index contributed by atoms with van der Waals surface area (Å²) in [6.45, 7) is 0. The van der Waals surface area contributed by atoms with Gasteiger partial charge in [-0.15, -0.1) is 0 Å². The second kappa shape index (κ2) is 5.75. The van der Waals surface area contributed by atoms with Gasteiger partial charge in [0.2, 0.25) is 0 Å². The summed E-state index contributed by atoms with van der Waals surface area (Å²) in [5.41, 5.74) is 0. The molecule has 0 aliphatic rings. The molecule has 0 radical (unpaired) electrons. The molecule has 2 aromatic carbocycles. The van der Waals surface area contributed by atoms with Gasteiger partial charge in [0.1, 0.15) is 16.5 Å². The Kier molecular flexibility index (Phi) is 4.36. The summed E-state index contributed by atoms with van der Waals surface area (Å²) >= 11 is 11.3. The van der Waals surface area contributed by atoms with E-state index in [4.69, 9.17) is 23.2 Å². The Bertz CT molecular complexity index is 810. The predicted octanol–water partition coefficient (Wildman–Crippen LogP) is 4.18. The number of hydrogen-bond acceptors (Lipinski definition) is 3. The summed E-state index contributed by atoms with van der Waals surface area (Å²) in [5, 5.41) is 0.163. The molecule has 0 aliphatic heterocycles. The largest absolute Gasteiger partial charge is 0.379 e. The first-order valence-electron chi connectivity index (χ1n) is 5.25. The minimum absolute atomic E-state index is 0.00938. The van der Waals surface area contributed by atoms with Crippen LogP contribution >= 0.6 is 23.2 Å². The second-order valence-corrected chi connectivity index (χ2v) is 6.14. The fourth-order valence-corrected chi connectivity index (χ4v) is 2.68. The summed E-state index contributed by atoms with van der Waals surface area (Å²) in [6, 6.07) is 3.82. The molecule has 0 atom stereocenters. The molecule has 0 unspecified atom stereocenters. The predicted molar refractivity (Wildman–Crippen MR) is 70.6 cm³/mol. The second-order valence-electron chi connectivity index (χ2n) is 3.81. The van der Waals surface area contributed by atoms with E-state index >= 15 is 0 Å². The molecule has 21 heavy (non-hydrogen) atoms. The molecule has 0 spiro atoms. The van der Waals surface area contributed by atoms with Crippen molar-refractivity contribution in [1.82, 2.24) is 0 Å². The van der Waals surface area contributed by atoms with Gasteiger partial charge in [0.25, 0.3) is 0 Å². The quantitative estimate of drug-likeness (QED) is 0.612. The van der Waals surface area contributed by atoms with Gasteiger partial charge in [0.15, 0.2) is 11.6 Å². The Labute approximate surface area is 128 Å². The van der Waals surface area contributed by atoms with Crippen LogP contribution in [-0.2, 0) is 10.1 Å². The van der Waals surface area contributed by atoms with Crippen molar-refractivity contribution in [2.75, 3.05) is 0 Å². The number of halogens is 5. The average molecular weight is 357 g/mol. The van der Waals surface area contributed by atoms with Crippen molar-refractivity contribution in [1.29, 1.82) is 0 Å². The molecule has 0 amide bonds. The Morgan fingerprint density at radius 1 is 0.857 bits per heavy atom. The van der Waals surface area contributed by atoms with Gasteiger partial charge in [0.05, 0.1) is 10.0 Å². The summed E-state index contributed by atoms with van der Waals surface area (Å²) in [7, 11) is -4.70. The van der Waals surface area contributed by atoms with Crippen LogP contribution in [0.25, 0.3) is 0 Å². The van der Waals surface area contributed by atoms with Gasteiger partial charge in [-0.3, -0.25) is 0 Å². The molecule has 0 aliphatic carbocycles. The maximum atomic E-state index is 13.5. The average Bonchev–Trinajstić information content (AvgIpc) is 2.37. The van der Waals surface area contributed by atoms with E-state index in [2.05, 4.69) is 4.18 Å². The monoisotopic (exact) mass is 356 g/mol. The smallest absolute Gasteiger partial charge is 0.342 e. The van der Waals surface area contributed by atoms with Crippen molar-refractivity contribution in [2.24, 2.45) is 0 Å². The van der Waals surface area contributed by atoms with E-state index in [0.717, 1.165) is 6.07 Å². The van der Waals surface area contributed by atoms with Crippen molar-refractivity contribution in [2.45, 2.75) is 4.90 Å². The van der Waals surface area contributed by atoms with Gasteiger partial charge >= 0.3 is 10.1 Å². The Morgan fingerprint density at radius 3 is 2.10 bits per heavy atom. The maximum absolute atomic E-state index is 13.5. The zero-order valence-corrected chi connectivity index (χ0v) is 12.2. The lowest BCUT2D eigenvalue weighted by molar-refractivity contribution is 0.460. The summed E-state index contributed by atoms with van der Waals surface area (Å²) in [5.74, 6) is -4.77. The summed E-state index contributed by atoms with van der Waals surface area (Å²) < 4.78 is 67.6. The van der Waals surface area contributed by atoms with Crippen molar-refractivity contribution >= 4 is 33.3 Å². The standard InChI is InChI=1S/C12H5Cl2F3O3S/c13-7-2-1-6(3-8(7)14)20-21(18,19)12-5-10(16)9(15)4-11(12)17/h1-5H. The van der Waals surface area contributed by atoms with Crippen LogP contribution in [0.2, 0.25) is 10.0 Å². The first-order chi connectivity index (χ1) is 9.70. The minimum atomic E-state index is -4.70. The SMILES string of the molecule is O=S(=O)(Oc1ccc(Cl)c(Cl)c1)c1cc(F)c(F)cc1F. The molecule has 3 nitrogen and oxygen atoms in total. The topological polar surface area (TPSA) is 43.4 Å². The van der Waals surface area contributed by atoms with Crippen LogP contribution in [0.3, 0.4) is 0 Å². The van der Waals surface area contributed by atoms with Crippen LogP contribution in [-0.4, -0.2) is 8.42 Å². The van der Waals surface area contributed by atoms with E-state index in [1.54, 1.807) is 0 Å². The zero-order valence-electron chi connectivity index (χ0n) is 9.91. The zero-order chi connectivity index (χ0) is 15.8. The van der Waals surface area contributed by atoms with Crippen LogP contribution < -0.4 is 4.18 Å². The third kappa shape index (κ3) is 3.42. The first kappa shape index (κ1) is 15.9. The van der Waals surface area contributed by atoms with Gasteiger partial charge in [-0.05, 0) is 12.1 Å². The fourth-order valence-electron chi connectivity index (χ4n) is 1.40. The lowest BCUT2D eigenvalue weighted by Gasteiger charge is -2.09.